The van der Waals surface area contributed by atoms with Crippen LogP contribution < -0.4 is 5.32 Å². The molecule has 0 saturated heterocycles. The summed E-state index contributed by atoms with van der Waals surface area (Å²) in [7, 11) is 0. The SMILES string of the molecule is CC(=O)CC[C@H](NC(=O)C(C)(C)CCC(C)(S)C(=O)O)C(=O)O. The molecule has 23 heavy (non-hydrogen) atoms. The fraction of sp³-hybridized carbons (Fsp3) is 0.733. The van der Waals surface area contributed by atoms with Crippen molar-refractivity contribution in [3.8, 4) is 0 Å². The Morgan fingerprint density at radius 2 is 1.61 bits per heavy atom. The molecule has 0 saturated carbocycles. The zero-order chi connectivity index (χ0) is 18.4. The van der Waals surface area contributed by atoms with E-state index in [4.69, 9.17) is 10.2 Å². The summed E-state index contributed by atoms with van der Waals surface area (Å²) in [5.74, 6) is -2.94. The average Bonchev–Trinajstić information content (AvgIpc) is 2.40. The number of carboxylic acids is 2. The second kappa shape index (κ2) is 8.33. The molecule has 8 heteroatoms. The van der Waals surface area contributed by atoms with Gasteiger partial charge in [0.25, 0.3) is 0 Å². The zero-order valence-corrected chi connectivity index (χ0v) is 14.8. The Kier molecular flexibility index (Phi) is 7.76. The van der Waals surface area contributed by atoms with E-state index in [1.165, 1.54) is 13.8 Å². The number of thiol groups is 1. The Balaban J connectivity index is 4.79. The van der Waals surface area contributed by atoms with Gasteiger partial charge in [0.15, 0.2) is 0 Å². The number of nitrogens with one attached hydrogen (secondary N) is 1. The normalized spacial score (nSPS) is 15.3. The molecule has 0 bridgehead atoms. The maximum atomic E-state index is 12.3. The van der Waals surface area contributed by atoms with Crippen LogP contribution in [0.1, 0.15) is 53.4 Å². The van der Waals surface area contributed by atoms with Gasteiger partial charge in [-0.1, -0.05) is 13.8 Å². The minimum atomic E-state index is -1.27. The van der Waals surface area contributed by atoms with Crippen LogP contribution in [0.2, 0.25) is 0 Å². The molecule has 0 radical (unpaired) electrons. The number of carboxylic acid groups (broad SMARTS) is 2. The summed E-state index contributed by atoms with van der Waals surface area (Å²) < 4.78 is -1.27. The number of amides is 1. The highest BCUT2D eigenvalue weighted by Crippen LogP contribution is 2.30. The third kappa shape index (κ3) is 7.49. The van der Waals surface area contributed by atoms with Crippen LogP contribution in [0.25, 0.3) is 0 Å². The fourth-order valence-electron chi connectivity index (χ4n) is 1.73. The second-order valence-corrected chi connectivity index (χ2v) is 7.55. The third-order valence-corrected chi connectivity index (χ3v) is 4.12. The Hall–Kier alpha value is -1.57. The van der Waals surface area contributed by atoms with Gasteiger partial charge in [0.2, 0.25) is 5.91 Å². The van der Waals surface area contributed by atoms with Crippen molar-refractivity contribution in [3.05, 3.63) is 0 Å². The van der Waals surface area contributed by atoms with Crippen LogP contribution in [0.5, 0.6) is 0 Å². The van der Waals surface area contributed by atoms with Gasteiger partial charge in [-0.25, -0.2) is 4.79 Å². The molecule has 2 atom stereocenters. The lowest BCUT2D eigenvalue weighted by Crippen LogP contribution is -2.47. The number of Topliss-reactive ketones (excluding diaryl/α,β-unsaturated/α-hetero) is 1. The molecule has 1 amide bonds. The molecule has 0 aliphatic heterocycles. The molecular weight excluding hydrogens is 322 g/mol. The van der Waals surface area contributed by atoms with Gasteiger partial charge in [-0.2, -0.15) is 12.6 Å². The van der Waals surface area contributed by atoms with Crippen LogP contribution in [-0.4, -0.2) is 44.6 Å². The molecule has 1 unspecified atom stereocenters. The molecular formula is C15H25NO6S. The van der Waals surface area contributed by atoms with E-state index in [1.807, 2.05) is 0 Å². The molecule has 0 spiro atoms. The average molecular weight is 347 g/mol. The lowest BCUT2D eigenvalue weighted by Gasteiger charge is -2.28. The number of aliphatic carboxylic acids is 2. The molecule has 0 aromatic rings. The zero-order valence-electron chi connectivity index (χ0n) is 13.9. The van der Waals surface area contributed by atoms with E-state index in [2.05, 4.69) is 17.9 Å². The van der Waals surface area contributed by atoms with E-state index >= 15 is 0 Å². The smallest absolute Gasteiger partial charge is 0.326 e. The van der Waals surface area contributed by atoms with Gasteiger partial charge in [-0.15, -0.1) is 0 Å². The van der Waals surface area contributed by atoms with Crippen LogP contribution in [-0.2, 0) is 19.2 Å². The van der Waals surface area contributed by atoms with Gasteiger partial charge in [0, 0.05) is 11.8 Å². The number of rotatable bonds is 10. The van der Waals surface area contributed by atoms with Gasteiger partial charge in [0.05, 0.1) is 0 Å². The van der Waals surface area contributed by atoms with Crippen molar-refractivity contribution in [2.24, 2.45) is 5.41 Å². The summed E-state index contributed by atoms with van der Waals surface area (Å²) in [5.41, 5.74) is -0.955. The van der Waals surface area contributed by atoms with E-state index in [0.717, 1.165) is 0 Å². The Bertz CT molecular complexity index is 486. The van der Waals surface area contributed by atoms with Crippen molar-refractivity contribution in [1.29, 1.82) is 0 Å². The topological polar surface area (TPSA) is 121 Å². The Morgan fingerprint density at radius 3 is 2.00 bits per heavy atom. The lowest BCUT2D eigenvalue weighted by molar-refractivity contribution is -0.144. The first kappa shape index (κ1) is 21.4. The van der Waals surface area contributed by atoms with Crippen molar-refractivity contribution >= 4 is 36.3 Å². The molecule has 3 N–H and O–H groups in total. The number of ketones is 1. The summed E-state index contributed by atoms with van der Waals surface area (Å²) in [6.45, 7) is 6.01. The largest absolute Gasteiger partial charge is 0.480 e. The van der Waals surface area contributed by atoms with Crippen LogP contribution in [0.3, 0.4) is 0 Å². The van der Waals surface area contributed by atoms with Crippen molar-refractivity contribution < 1.29 is 29.4 Å². The van der Waals surface area contributed by atoms with Crippen LogP contribution in [0, 0.1) is 5.41 Å². The van der Waals surface area contributed by atoms with Gasteiger partial charge in [-0.3, -0.25) is 9.59 Å². The molecule has 0 aliphatic rings. The Labute approximate surface area is 141 Å². The first-order chi connectivity index (χ1) is 10.3. The number of carbonyl (C=O) groups excluding carboxylic acids is 2. The van der Waals surface area contributed by atoms with E-state index < -0.39 is 34.0 Å². The number of carbonyl (C=O) groups is 4. The van der Waals surface area contributed by atoms with Gasteiger partial charge in [-0.05, 0) is 33.1 Å². The van der Waals surface area contributed by atoms with Crippen LogP contribution in [0.15, 0.2) is 0 Å². The van der Waals surface area contributed by atoms with Crippen LogP contribution >= 0.6 is 12.6 Å². The summed E-state index contributed by atoms with van der Waals surface area (Å²) in [5, 5.41) is 20.6. The molecule has 0 aliphatic carbocycles. The lowest BCUT2D eigenvalue weighted by atomic mass is 9.83. The van der Waals surface area contributed by atoms with Gasteiger partial charge >= 0.3 is 11.9 Å². The Morgan fingerprint density at radius 1 is 1.09 bits per heavy atom. The number of hydrogen-bond donors (Lipinski definition) is 4. The molecule has 7 nitrogen and oxygen atoms in total. The number of hydrogen-bond acceptors (Lipinski definition) is 5. The van der Waals surface area contributed by atoms with Crippen molar-refractivity contribution in [2.75, 3.05) is 0 Å². The highest BCUT2D eigenvalue weighted by atomic mass is 32.1. The quantitative estimate of drug-likeness (QED) is 0.445. The maximum Gasteiger partial charge on any atom is 0.326 e. The van der Waals surface area contributed by atoms with Gasteiger partial charge in [0.1, 0.15) is 16.6 Å². The van der Waals surface area contributed by atoms with E-state index in [9.17, 15) is 19.2 Å². The van der Waals surface area contributed by atoms with Crippen molar-refractivity contribution in [2.45, 2.75) is 64.2 Å². The molecule has 0 aromatic carbocycles. The van der Waals surface area contributed by atoms with Crippen LogP contribution in [0.4, 0.5) is 0 Å². The predicted molar refractivity (Wildman–Crippen MR) is 87.5 cm³/mol. The van der Waals surface area contributed by atoms with Crippen molar-refractivity contribution in [1.82, 2.24) is 5.32 Å². The molecule has 0 rings (SSSR count). The monoisotopic (exact) mass is 347 g/mol. The van der Waals surface area contributed by atoms with E-state index in [0.29, 0.717) is 0 Å². The van der Waals surface area contributed by atoms with Crippen molar-refractivity contribution in [3.63, 3.8) is 0 Å². The van der Waals surface area contributed by atoms with E-state index in [1.54, 1.807) is 13.8 Å². The maximum absolute atomic E-state index is 12.3. The summed E-state index contributed by atoms with van der Waals surface area (Å²) >= 11 is 4.06. The third-order valence-electron chi connectivity index (χ3n) is 3.70. The first-order valence-corrected chi connectivity index (χ1v) is 7.73. The molecule has 0 fully saturated rings. The fourth-order valence-corrected chi connectivity index (χ4v) is 1.85. The highest BCUT2D eigenvalue weighted by molar-refractivity contribution is 7.82. The van der Waals surface area contributed by atoms with Gasteiger partial charge < -0.3 is 20.3 Å². The standard InChI is InChI=1S/C15H25NO6S/c1-9(17)5-6-10(11(18)19)16-12(20)14(2,3)7-8-15(4,23)13(21)22/h10,23H,5-8H2,1-4H3,(H,16,20)(H,18,19)(H,21,22)/t10-,15?/m0/s1. The minimum absolute atomic E-state index is 0.0197. The summed E-state index contributed by atoms with van der Waals surface area (Å²) in [6.07, 6.45) is 0.457. The molecule has 0 aromatic heterocycles. The first-order valence-electron chi connectivity index (χ1n) is 7.28. The predicted octanol–water partition coefficient (Wildman–Crippen LogP) is 1.50. The summed E-state index contributed by atoms with van der Waals surface area (Å²) in [4.78, 5) is 45.4. The highest BCUT2D eigenvalue weighted by Gasteiger charge is 2.36. The van der Waals surface area contributed by atoms with E-state index in [-0.39, 0.29) is 31.5 Å². The second-order valence-electron chi connectivity index (χ2n) is 6.57. The molecule has 132 valence electrons. The minimum Gasteiger partial charge on any atom is -0.480 e. The molecule has 0 heterocycles. The summed E-state index contributed by atoms with van der Waals surface area (Å²) in [6, 6.07) is -1.15.